The Balaban J connectivity index is 2.32. The number of aliphatic hydroxyl groups excluding tert-OH is 4. The number of hydrogen-bond acceptors (Lipinski definition) is 10. The summed E-state index contributed by atoms with van der Waals surface area (Å²) in [4.78, 5) is 24.6. The van der Waals surface area contributed by atoms with Gasteiger partial charge in [-0.05, 0) is 12.8 Å². The molecule has 0 spiro atoms. The van der Waals surface area contributed by atoms with Gasteiger partial charge in [0.05, 0.1) is 13.2 Å². The van der Waals surface area contributed by atoms with Crippen LogP contribution in [0.15, 0.2) is 0 Å². The number of rotatable bonds is 27. The van der Waals surface area contributed by atoms with E-state index in [1.54, 1.807) is 0 Å². The third-order valence-corrected chi connectivity index (χ3v) is 7.99. The van der Waals surface area contributed by atoms with Crippen molar-refractivity contribution in [1.82, 2.24) is 0 Å². The molecule has 1 fully saturated rings. The zero-order chi connectivity index (χ0) is 31.7. The summed E-state index contributed by atoms with van der Waals surface area (Å²) in [7, 11) is 0. The quantitative estimate of drug-likeness (QED) is 0.0723. The highest BCUT2D eigenvalue weighted by Gasteiger charge is 2.44. The summed E-state index contributed by atoms with van der Waals surface area (Å²) in [5, 5.41) is 39.6. The second-order valence-corrected chi connectivity index (χ2v) is 12.0. The summed E-state index contributed by atoms with van der Waals surface area (Å²) in [5.41, 5.74) is 0. The van der Waals surface area contributed by atoms with Gasteiger partial charge in [0.1, 0.15) is 31.0 Å². The van der Waals surface area contributed by atoms with E-state index in [1.165, 1.54) is 70.6 Å². The van der Waals surface area contributed by atoms with Gasteiger partial charge in [0.25, 0.3) is 0 Å². The second-order valence-electron chi connectivity index (χ2n) is 12.0. The third-order valence-electron chi connectivity index (χ3n) is 7.99. The van der Waals surface area contributed by atoms with E-state index in [1.807, 2.05) is 6.92 Å². The van der Waals surface area contributed by atoms with Crippen LogP contribution in [0.3, 0.4) is 0 Å². The summed E-state index contributed by atoms with van der Waals surface area (Å²) < 4.78 is 21.7. The van der Waals surface area contributed by atoms with Crippen molar-refractivity contribution in [1.29, 1.82) is 0 Å². The lowest BCUT2D eigenvalue weighted by Gasteiger charge is -2.39. The Hall–Kier alpha value is -1.30. The van der Waals surface area contributed by atoms with Crippen molar-refractivity contribution in [2.24, 2.45) is 0 Å². The van der Waals surface area contributed by atoms with Crippen LogP contribution in [0.5, 0.6) is 0 Å². The summed E-state index contributed by atoms with van der Waals surface area (Å²) in [6.07, 6.45) is 13.5. The number of unbranched alkanes of at least 4 members (excludes halogenated alkanes) is 16. The average Bonchev–Trinajstić information content (AvgIpc) is 3.00. The van der Waals surface area contributed by atoms with E-state index in [9.17, 15) is 30.0 Å². The van der Waals surface area contributed by atoms with Crippen LogP contribution in [0.2, 0.25) is 0 Å². The smallest absolute Gasteiger partial charge is 0.306 e. The van der Waals surface area contributed by atoms with Crippen LogP contribution in [0.1, 0.15) is 142 Å². The Labute approximate surface area is 259 Å². The van der Waals surface area contributed by atoms with Gasteiger partial charge in [-0.25, -0.2) is 0 Å². The molecule has 43 heavy (non-hydrogen) atoms. The van der Waals surface area contributed by atoms with Crippen LogP contribution in [-0.4, -0.2) is 89.0 Å². The number of aliphatic hydroxyl groups is 4. The van der Waals surface area contributed by atoms with Gasteiger partial charge in [0.15, 0.2) is 12.4 Å². The second kappa shape index (κ2) is 26.0. The van der Waals surface area contributed by atoms with Crippen molar-refractivity contribution in [3.63, 3.8) is 0 Å². The van der Waals surface area contributed by atoms with Crippen LogP contribution < -0.4 is 0 Å². The predicted molar refractivity (Wildman–Crippen MR) is 164 cm³/mol. The highest BCUT2D eigenvalue weighted by molar-refractivity contribution is 5.70. The molecule has 1 aliphatic heterocycles. The zero-order valence-electron chi connectivity index (χ0n) is 27.0. The van der Waals surface area contributed by atoms with Crippen LogP contribution in [0.25, 0.3) is 0 Å². The van der Waals surface area contributed by atoms with Gasteiger partial charge in [-0.15, -0.1) is 0 Å². The third kappa shape index (κ3) is 19.0. The molecule has 6 atom stereocenters. The van der Waals surface area contributed by atoms with Crippen molar-refractivity contribution < 1.29 is 49.0 Å². The number of carbonyl (C=O) groups is 2. The molecule has 0 aromatic heterocycles. The largest absolute Gasteiger partial charge is 0.462 e. The summed E-state index contributed by atoms with van der Waals surface area (Å²) >= 11 is 0. The fourth-order valence-electron chi connectivity index (χ4n) is 5.19. The van der Waals surface area contributed by atoms with E-state index in [0.717, 1.165) is 32.1 Å². The molecule has 0 amide bonds. The summed E-state index contributed by atoms with van der Waals surface area (Å²) in [6, 6.07) is 0. The van der Waals surface area contributed by atoms with E-state index >= 15 is 0 Å². The molecule has 10 nitrogen and oxygen atoms in total. The molecule has 254 valence electrons. The van der Waals surface area contributed by atoms with Crippen molar-refractivity contribution >= 4 is 11.9 Å². The molecular weight excluding hydrogens is 556 g/mol. The minimum absolute atomic E-state index is 0.215. The van der Waals surface area contributed by atoms with Gasteiger partial charge >= 0.3 is 11.9 Å². The first-order valence-corrected chi connectivity index (χ1v) is 17.1. The van der Waals surface area contributed by atoms with Crippen molar-refractivity contribution in [2.45, 2.75) is 179 Å². The minimum atomic E-state index is -1.58. The molecule has 0 aliphatic carbocycles. The maximum Gasteiger partial charge on any atom is 0.306 e. The lowest BCUT2D eigenvalue weighted by atomic mass is 9.99. The summed E-state index contributed by atoms with van der Waals surface area (Å²) in [5.74, 6) is -0.830. The van der Waals surface area contributed by atoms with Crippen molar-refractivity contribution in [3.8, 4) is 0 Å². The Morgan fingerprint density at radius 2 is 1.09 bits per heavy atom. The van der Waals surface area contributed by atoms with Gasteiger partial charge in [-0.3, -0.25) is 9.59 Å². The van der Waals surface area contributed by atoms with Crippen LogP contribution in [0.4, 0.5) is 0 Å². The first-order chi connectivity index (χ1) is 20.8. The molecule has 4 N–H and O–H groups in total. The zero-order valence-corrected chi connectivity index (χ0v) is 27.0. The van der Waals surface area contributed by atoms with Gasteiger partial charge < -0.3 is 39.4 Å². The van der Waals surface area contributed by atoms with E-state index in [4.69, 9.17) is 18.9 Å². The lowest BCUT2D eigenvalue weighted by molar-refractivity contribution is -0.305. The Morgan fingerprint density at radius 3 is 1.63 bits per heavy atom. The first-order valence-electron chi connectivity index (χ1n) is 17.1. The topological polar surface area (TPSA) is 152 Å². The molecule has 1 rings (SSSR count). The molecule has 10 heteroatoms. The number of esters is 2. The predicted octanol–water partition coefficient (Wildman–Crippen LogP) is 5.10. The standard InChI is InChI=1S/C33H62O10/c1-3-5-7-8-9-10-11-12-13-14-15-16-17-18-20-22-29(36)42-26(24-40-28(35)21-19-6-4-2)25-41-33-32(39)31(38)30(37)27(23-34)43-33/h26-27,30-34,37-39H,3-25H2,1-2H3/t26-,27-,30+,31+,32-,33-/m1/s1. The van der Waals surface area contributed by atoms with Gasteiger partial charge in [0, 0.05) is 12.8 Å². The molecular formula is C33H62O10. The molecule has 0 aromatic rings. The van der Waals surface area contributed by atoms with Gasteiger partial charge in [0.2, 0.25) is 0 Å². The van der Waals surface area contributed by atoms with Crippen molar-refractivity contribution in [2.75, 3.05) is 19.8 Å². The molecule has 0 unspecified atom stereocenters. The molecule has 0 aromatic carbocycles. The first kappa shape index (κ1) is 39.7. The maximum absolute atomic E-state index is 12.5. The molecule has 0 bridgehead atoms. The lowest BCUT2D eigenvalue weighted by Crippen LogP contribution is -2.59. The number of carbonyl (C=O) groups excluding carboxylic acids is 2. The van der Waals surface area contributed by atoms with Crippen LogP contribution in [-0.2, 0) is 28.5 Å². The highest BCUT2D eigenvalue weighted by atomic mass is 16.7. The fourth-order valence-corrected chi connectivity index (χ4v) is 5.19. The van der Waals surface area contributed by atoms with E-state index in [0.29, 0.717) is 12.8 Å². The van der Waals surface area contributed by atoms with Crippen LogP contribution >= 0.6 is 0 Å². The minimum Gasteiger partial charge on any atom is -0.462 e. The maximum atomic E-state index is 12.5. The average molecular weight is 619 g/mol. The number of ether oxygens (including phenoxy) is 4. The Morgan fingerprint density at radius 1 is 0.628 bits per heavy atom. The van der Waals surface area contributed by atoms with E-state index < -0.39 is 55.4 Å². The van der Waals surface area contributed by atoms with Crippen molar-refractivity contribution in [3.05, 3.63) is 0 Å². The SMILES string of the molecule is CCCCCCCCCCCCCCCCCC(=O)O[C@H](COC(=O)CCCCC)CO[C@@H]1O[C@H](CO)[C@H](O)[C@H](O)[C@H]1O. The van der Waals surface area contributed by atoms with Crippen LogP contribution in [0, 0.1) is 0 Å². The normalized spacial score (nSPS) is 22.8. The monoisotopic (exact) mass is 618 g/mol. The summed E-state index contributed by atoms with van der Waals surface area (Å²) in [6.45, 7) is 3.22. The van der Waals surface area contributed by atoms with Gasteiger partial charge in [-0.1, -0.05) is 117 Å². The highest BCUT2D eigenvalue weighted by Crippen LogP contribution is 2.22. The Bertz CT molecular complexity index is 689. The molecule has 0 saturated carbocycles. The van der Waals surface area contributed by atoms with Gasteiger partial charge in [-0.2, -0.15) is 0 Å². The van der Waals surface area contributed by atoms with E-state index in [-0.39, 0.29) is 26.1 Å². The molecule has 1 heterocycles. The van der Waals surface area contributed by atoms with E-state index in [2.05, 4.69) is 6.92 Å². The molecule has 1 saturated heterocycles. The molecule has 1 aliphatic rings. The molecule has 0 radical (unpaired) electrons. The Kier molecular flexibility index (Phi) is 24.0. The fraction of sp³-hybridized carbons (Fsp3) is 0.939. The number of hydrogen-bond donors (Lipinski definition) is 4.